The number of carbonyl (C=O) groups excluding carboxylic acids is 1. The van der Waals surface area contributed by atoms with Crippen molar-refractivity contribution in [1.29, 1.82) is 0 Å². The fourth-order valence-corrected chi connectivity index (χ4v) is 2.51. The lowest BCUT2D eigenvalue weighted by molar-refractivity contribution is -0.114. The smallest absolute Gasteiger partial charge is 0.243 e. The highest BCUT2D eigenvalue weighted by Crippen LogP contribution is 2.22. The second-order valence-electron chi connectivity index (χ2n) is 6.21. The van der Waals surface area contributed by atoms with Crippen LogP contribution in [0.1, 0.15) is 13.3 Å². The van der Waals surface area contributed by atoms with Crippen LogP contribution in [0, 0.1) is 0 Å². The zero-order valence-corrected chi connectivity index (χ0v) is 15.9. The molecule has 3 aromatic rings. The van der Waals surface area contributed by atoms with Crippen molar-refractivity contribution in [2.75, 3.05) is 23.8 Å². The number of para-hydroxylation sites is 1. The van der Waals surface area contributed by atoms with Crippen LogP contribution in [0.15, 0.2) is 78.9 Å². The third-order valence-corrected chi connectivity index (χ3v) is 3.90. The molecule has 5 heteroatoms. The van der Waals surface area contributed by atoms with Crippen LogP contribution in [-0.2, 0) is 4.79 Å². The number of hydrogen-bond donors (Lipinski definition) is 2. The Kier molecular flexibility index (Phi) is 6.90. The number of amides is 1. The van der Waals surface area contributed by atoms with Crippen molar-refractivity contribution in [3.63, 3.8) is 0 Å². The van der Waals surface area contributed by atoms with E-state index in [0.717, 1.165) is 35.0 Å². The van der Waals surface area contributed by atoms with Crippen LogP contribution in [0.25, 0.3) is 0 Å². The monoisotopic (exact) mass is 376 g/mol. The van der Waals surface area contributed by atoms with Gasteiger partial charge in [0.05, 0.1) is 13.2 Å². The Morgan fingerprint density at radius 1 is 0.786 bits per heavy atom. The molecule has 0 aliphatic heterocycles. The van der Waals surface area contributed by atoms with Crippen molar-refractivity contribution in [2.45, 2.75) is 13.3 Å². The molecule has 0 unspecified atom stereocenters. The maximum Gasteiger partial charge on any atom is 0.243 e. The van der Waals surface area contributed by atoms with Crippen molar-refractivity contribution in [2.24, 2.45) is 0 Å². The van der Waals surface area contributed by atoms with E-state index in [1.807, 2.05) is 78.9 Å². The Morgan fingerprint density at radius 3 is 2.07 bits per heavy atom. The van der Waals surface area contributed by atoms with E-state index in [1.165, 1.54) is 0 Å². The summed E-state index contributed by atoms with van der Waals surface area (Å²) in [5.74, 6) is 2.21. The Labute approximate surface area is 165 Å². The van der Waals surface area contributed by atoms with E-state index < -0.39 is 0 Å². The first-order valence-electron chi connectivity index (χ1n) is 9.32. The van der Waals surface area contributed by atoms with E-state index in [9.17, 15) is 4.79 Å². The maximum absolute atomic E-state index is 12.1. The lowest BCUT2D eigenvalue weighted by Gasteiger charge is -2.10. The van der Waals surface area contributed by atoms with Gasteiger partial charge >= 0.3 is 0 Å². The zero-order valence-electron chi connectivity index (χ0n) is 15.9. The number of nitrogens with one attached hydrogen (secondary N) is 2. The minimum atomic E-state index is -0.119. The number of rotatable bonds is 9. The molecule has 0 aliphatic rings. The highest BCUT2D eigenvalue weighted by Gasteiger charge is 2.04. The lowest BCUT2D eigenvalue weighted by atomic mass is 10.3. The first kappa shape index (κ1) is 19.3. The maximum atomic E-state index is 12.1. The molecule has 0 radical (unpaired) electrons. The molecular formula is C23H24N2O3. The van der Waals surface area contributed by atoms with E-state index in [4.69, 9.17) is 9.47 Å². The van der Waals surface area contributed by atoms with Gasteiger partial charge in [0.1, 0.15) is 17.2 Å². The summed E-state index contributed by atoms with van der Waals surface area (Å²) in [6, 6.07) is 24.5. The number of carbonyl (C=O) groups is 1. The highest BCUT2D eigenvalue weighted by atomic mass is 16.5. The highest BCUT2D eigenvalue weighted by molar-refractivity contribution is 5.93. The van der Waals surface area contributed by atoms with Crippen molar-refractivity contribution in [3.8, 4) is 17.2 Å². The quantitative estimate of drug-likeness (QED) is 0.531. The first-order valence-corrected chi connectivity index (χ1v) is 9.32. The van der Waals surface area contributed by atoms with Gasteiger partial charge in [-0.25, -0.2) is 0 Å². The average molecular weight is 376 g/mol. The average Bonchev–Trinajstić information content (AvgIpc) is 2.73. The molecule has 0 fully saturated rings. The predicted molar refractivity (Wildman–Crippen MR) is 112 cm³/mol. The largest absolute Gasteiger partial charge is 0.494 e. The fourth-order valence-electron chi connectivity index (χ4n) is 2.51. The molecule has 0 saturated carbocycles. The molecule has 0 aromatic heterocycles. The van der Waals surface area contributed by atoms with E-state index in [2.05, 4.69) is 17.6 Å². The van der Waals surface area contributed by atoms with Gasteiger partial charge in [-0.05, 0) is 67.1 Å². The summed E-state index contributed by atoms with van der Waals surface area (Å²) < 4.78 is 11.3. The van der Waals surface area contributed by atoms with Crippen LogP contribution >= 0.6 is 0 Å². The Bertz CT molecular complexity index is 863. The molecule has 0 bridgehead atoms. The predicted octanol–water partition coefficient (Wildman–Crippen LogP) is 5.32. The summed E-state index contributed by atoms with van der Waals surface area (Å²) in [6.45, 7) is 2.92. The van der Waals surface area contributed by atoms with Crippen LogP contribution in [0.2, 0.25) is 0 Å². The van der Waals surface area contributed by atoms with Gasteiger partial charge in [0.15, 0.2) is 0 Å². The molecule has 0 spiro atoms. The third-order valence-electron chi connectivity index (χ3n) is 3.90. The van der Waals surface area contributed by atoms with Gasteiger partial charge in [-0.3, -0.25) is 4.79 Å². The minimum Gasteiger partial charge on any atom is -0.494 e. The van der Waals surface area contributed by atoms with Crippen LogP contribution < -0.4 is 20.1 Å². The molecule has 144 valence electrons. The molecule has 3 rings (SSSR count). The van der Waals surface area contributed by atoms with Gasteiger partial charge in [0, 0.05) is 11.4 Å². The minimum absolute atomic E-state index is 0.119. The van der Waals surface area contributed by atoms with Crippen molar-refractivity contribution in [3.05, 3.63) is 78.9 Å². The van der Waals surface area contributed by atoms with Crippen LogP contribution in [0.3, 0.4) is 0 Å². The van der Waals surface area contributed by atoms with E-state index in [0.29, 0.717) is 6.61 Å². The van der Waals surface area contributed by atoms with Crippen LogP contribution in [0.4, 0.5) is 11.4 Å². The summed E-state index contributed by atoms with van der Waals surface area (Å²) in [6.07, 6.45) is 0.962. The molecular weight excluding hydrogens is 352 g/mol. The second-order valence-corrected chi connectivity index (χ2v) is 6.21. The summed E-state index contributed by atoms with van der Waals surface area (Å²) in [7, 11) is 0. The van der Waals surface area contributed by atoms with Gasteiger partial charge in [-0.1, -0.05) is 25.1 Å². The molecule has 5 nitrogen and oxygen atoms in total. The second kappa shape index (κ2) is 10.0. The summed E-state index contributed by atoms with van der Waals surface area (Å²) >= 11 is 0. The number of benzene rings is 3. The van der Waals surface area contributed by atoms with Crippen molar-refractivity contribution in [1.82, 2.24) is 0 Å². The Hall–Kier alpha value is -3.47. The normalized spacial score (nSPS) is 10.2. The fraction of sp³-hybridized carbons (Fsp3) is 0.174. The number of hydrogen-bond acceptors (Lipinski definition) is 4. The first-order chi connectivity index (χ1) is 13.7. The molecule has 0 heterocycles. The topological polar surface area (TPSA) is 59.6 Å². The molecule has 2 N–H and O–H groups in total. The molecule has 0 atom stereocenters. The van der Waals surface area contributed by atoms with Crippen LogP contribution in [0.5, 0.6) is 17.2 Å². The Balaban J connectivity index is 1.45. The number of anilines is 2. The zero-order chi connectivity index (χ0) is 19.6. The molecule has 1 amide bonds. The van der Waals surface area contributed by atoms with Crippen molar-refractivity contribution < 1.29 is 14.3 Å². The van der Waals surface area contributed by atoms with Gasteiger partial charge in [-0.15, -0.1) is 0 Å². The Morgan fingerprint density at radius 2 is 1.39 bits per heavy atom. The molecule has 3 aromatic carbocycles. The SMILES string of the molecule is CCCOc1ccc(NC(=O)CNc2ccc(Oc3ccccc3)cc2)cc1. The lowest BCUT2D eigenvalue weighted by Crippen LogP contribution is -2.21. The van der Waals surface area contributed by atoms with Gasteiger partial charge in [0.2, 0.25) is 5.91 Å². The summed E-state index contributed by atoms with van der Waals surface area (Å²) in [5.41, 5.74) is 1.58. The number of ether oxygens (including phenoxy) is 2. The standard InChI is InChI=1S/C23H24N2O3/c1-2-16-27-20-12-10-19(11-13-20)25-23(26)17-24-18-8-14-22(15-9-18)28-21-6-4-3-5-7-21/h3-15,24H,2,16-17H2,1H3,(H,25,26). The molecule has 0 saturated heterocycles. The van der Waals surface area contributed by atoms with Gasteiger partial charge < -0.3 is 20.1 Å². The van der Waals surface area contributed by atoms with Gasteiger partial charge in [0.25, 0.3) is 0 Å². The molecule has 0 aliphatic carbocycles. The van der Waals surface area contributed by atoms with E-state index in [1.54, 1.807) is 0 Å². The molecule has 28 heavy (non-hydrogen) atoms. The third kappa shape index (κ3) is 6.06. The summed E-state index contributed by atoms with van der Waals surface area (Å²) in [5, 5.41) is 5.96. The van der Waals surface area contributed by atoms with Gasteiger partial charge in [-0.2, -0.15) is 0 Å². The van der Waals surface area contributed by atoms with Crippen molar-refractivity contribution >= 4 is 17.3 Å². The van der Waals surface area contributed by atoms with Crippen LogP contribution in [-0.4, -0.2) is 19.1 Å². The van der Waals surface area contributed by atoms with E-state index >= 15 is 0 Å². The summed E-state index contributed by atoms with van der Waals surface area (Å²) in [4.78, 5) is 12.1. The van der Waals surface area contributed by atoms with E-state index in [-0.39, 0.29) is 12.5 Å².